The van der Waals surface area contributed by atoms with Crippen molar-refractivity contribution in [3.8, 4) is 5.75 Å². The Hall–Kier alpha value is -2.55. The molecule has 3 heteroatoms. The minimum atomic E-state index is 0.195. The van der Waals surface area contributed by atoms with E-state index in [4.69, 9.17) is 4.42 Å². The van der Waals surface area contributed by atoms with Crippen LogP contribution in [0, 0.1) is 0 Å². The number of pyridine rings is 1. The summed E-state index contributed by atoms with van der Waals surface area (Å²) in [4.78, 5) is 4.40. The van der Waals surface area contributed by atoms with Crippen LogP contribution in [0.2, 0.25) is 0 Å². The molecule has 3 aromatic rings. The van der Waals surface area contributed by atoms with Crippen molar-refractivity contribution < 1.29 is 9.52 Å². The molecule has 0 saturated heterocycles. The van der Waals surface area contributed by atoms with E-state index in [0.29, 0.717) is 5.52 Å². The standard InChI is InChI=1S/C15H11NO2/c17-14-5-1-3-11-6-7-12(16-15(11)14)8-9-13-4-2-10-18-13/h1-10,17H. The van der Waals surface area contributed by atoms with Gasteiger partial charge in [0, 0.05) is 5.39 Å². The molecule has 88 valence electrons. The van der Waals surface area contributed by atoms with Crippen LogP contribution >= 0.6 is 0 Å². The van der Waals surface area contributed by atoms with Gasteiger partial charge in [-0.3, -0.25) is 0 Å². The van der Waals surface area contributed by atoms with Gasteiger partial charge in [0.15, 0.2) is 0 Å². The number of phenolic OH excluding ortho intramolecular Hbond substituents is 1. The Balaban J connectivity index is 2.01. The topological polar surface area (TPSA) is 46.3 Å². The number of phenols is 1. The molecule has 2 heterocycles. The number of benzene rings is 1. The zero-order valence-corrected chi connectivity index (χ0v) is 9.58. The molecule has 0 aliphatic heterocycles. The molecule has 0 unspecified atom stereocenters. The fourth-order valence-corrected chi connectivity index (χ4v) is 1.79. The number of rotatable bonds is 2. The molecule has 0 bridgehead atoms. The maximum Gasteiger partial charge on any atom is 0.141 e. The summed E-state index contributed by atoms with van der Waals surface area (Å²) >= 11 is 0. The van der Waals surface area contributed by atoms with Crippen LogP contribution in [0.15, 0.2) is 53.1 Å². The van der Waals surface area contributed by atoms with Gasteiger partial charge in [0.2, 0.25) is 0 Å². The smallest absolute Gasteiger partial charge is 0.141 e. The lowest BCUT2D eigenvalue weighted by atomic mass is 10.2. The van der Waals surface area contributed by atoms with Crippen LogP contribution in [-0.4, -0.2) is 10.1 Å². The minimum absolute atomic E-state index is 0.195. The number of hydrogen-bond donors (Lipinski definition) is 1. The van der Waals surface area contributed by atoms with Gasteiger partial charge in [0.25, 0.3) is 0 Å². The third-order valence-corrected chi connectivity index (χ3v) is 2.68. The number of aromatic nitrogens is 1. The summed E-state index contributed by atoms with van der Waals surface area (Å²) in [6, 6.07) is 12.9. The molecule has 18 heavy (non-hydrogen) atoms. The first-order chi connectivity index (χ1) is 8.83. The minimum Gasteiger partial charge on any atom is -0.506 e. The highest BCUT2D eigenvalue weighted by atomic mass is 16.3. The molecular formula is C15H11NO2. The van der Waals surface area contributed by atoms with Crippen molar-refractivity contribution in [2.45, 2.75) is 0 Å². The fraction of sp³-hybridized carbons (Fsp3) is 0. The van der Waals surface area contributed by atoms with Crippen LogP contribution in [-0.2, 0) is 0 Å². The number of nitrogens with zero attached hydrogens (tertiary/aromatic N) is 1. The summed E-state index contributed by atoms with van der Waals surface area (Å²) in [5.74, 6) is 0.968. The SMILES string of the molecule is Oc1cccc2ccc(C=Cc3ccco3)nc12. The van der Waals surface area contributed by atoms with Crippen molar-refractivity contribution in [3.05, 3.63) is 60.2 Å². The highest BCUT2D eigenvalue weighted by Gasteiger charge is 2.00. The molecule has 0 radical (unpaired) electrons. The van der Waals surface area contributed by atoms with E-state index in [2.05, 4.69) is 4.98 Å². The van der Waals surface area contributed by atoms with Crippen LogP contribution in [0.1, 0.15) is 11.5 Å². The van der Waals surface area contributed by atoms with Crippen molar-refractivity contribution in [1.82, 2.24) is 4.98 Å². The van der Waals surface area contributed by atoms with Gasteiger partial charge >= 0.3 is 0 Å². The van der Waals surface area contributed by atoms with E-state index in [1.54, 1.807) is 18.4 Å². The van der Waals surface area contributed by atoms with Crippen molar-refractivity contribution in [2.75, 3.05) is 0 Å². The molecule has 0 aliphatic rings. The van der Waals surface area contributed by atoms with E-state index < -0.39 is 0 Å². The predicted octanol–water partition coefficient (Wildman–Crippen LogP) is 3.70. The number of fused-ring (bicyclic) bond motifs is 1. The number of aromatic hydroxyl groups is 1. The zero-order valence-electron chi connectivity index (χ0n) is 9.58. The molecule has 1 aromatic carbocycles. The Bertz CT molecular complexity index is 700. The molecule has 0 fully saturated rings. The van der Waals surface area contributed by atoms with Gasteiger partial charge < -0.3 is 9.52 Å². The summed E-state index contributed by atoms with van der Waals surface area (Å²) in [7, 11) is 0. The quantitative estimate of drug-likeness (QED) is 0.739. The molecule has 0 spiro atoms. The van der Waals surface area contributed by atoms with E-state index in [1.165, 1.54) is 0 Å². The predicted molar refractivity (Wildman–Crippen MR) is 71.0 cm³/mol. The Morgan fingerprint density at radius 3 is 2.78 bits per heavy atom. The Morgan fingerprint density at radius 2 is 1.94 bits per heavy atom. The molecule has 3 nitrogen and oxygen atoms in total. The first-order valence-electron chi connectivity index (χ1n) is 5.63. The second-order valence-corrected chi connectivity index (χ2v) is 3.93. The fourth-order valence-electron chi connectivity index (χ4n) is 1.79. The number of hydrogen-bond acceptors (Lipinski definition) is 3. The van der Waals surface area contributed by atoms with E-state index in [9.17, 15) is 5.11 Å². The number of furan rings is 1. The van der Waals surface area contributed by atoms with Crippen LogP contribution in [0.4, 0.5) is 0 Å². The van der Waals surface area contributed by atoms with Gasteiger partial charge in [-0.15, -0.1) is 0 Å². The van der Waals surface area contributed by atoms with Gasteiger partial charge in [0.05, 0.1) is 12.0 Å². The second-order valence-electron chi connectivity index (χ2n) is 3.93. The first-order valence-corrected chi connectivity index (χ1v) is 5.63. The highest BCUT2D eigenvalue weighted by Crippen LogP contribution is 2.22. The van der Waals surface area contributed by atoms with E-state index in [-0.39, 0.29) is 5.75 Å². The second kappa shape index (κ2) is 4.37. The lowest BCUT2D eigenvalue weighted by Gasteiger charge is -2.00. The molecule has 3 rings (SSSR count). The van der Waals surface area contributed by atoms with Gasteiger partial charge in [-0.2, -0.15) is 0 Å². The summed E-state index contributed by atoms with van der Waals surface area (Å²) in [6.07, 6.45) is 5.32. The molecule has 0 amide bonds. The zero-order chi connectivity index (χ0) is 12.4. The van der Waals surface area contributed by atoms with Gasteiger partial charge in [0.1, 0.15) is 17.0 Å². The third kappa shape index (κ3) is 1.98. The summed E-state index contributed by atoms with van der Waals surface area (Å²) in [5, 5.41) is 10.7. The average Bonchev–Trinajstić information content (AvgIpc) is 2.90. The van der Waals surface area contributed by atoms with Crippen molar-refractivity contribution in [2.24, 2.45) is 0 Å². The maximum atomic E-state index is 9.74. The van der Waals surface area contributed by atoms with Crippen LogP contribution in [0.3, 0.4) is 0 Å². The van der Waals surface area contributed by atoms with E-state index in [1.807, 2.05) is 42.5 Å². The molecule has 2 aromatic heterocycles. The average molecular weight is 237 g/mol. The van der Waals surface area contributed by atoms with Gasteiger partial charge in [-0.05, 0) is 36.4 Å². The monoisotopic (exact) mass is 237 g/mol. The summed E-state index contributed by atoms with van der Waals surface area (Å²) in [6.45, 7) is 0. The van der Waals surface area contributed by atoms with Crippen molar-refractivity contribution >= 4 is 23.1 Å². The summed E-state index contributed by atoms with van der Waals surface area (Å²) < 4.78 is 5.20. The summed E-state index contributed by atoms with van der Waals surface area (Å²) in [5.41, 5.74) is 1.39. The molecular weight excluding hydrogens is 226 g/mol. The van der Waals surface area contributed by atoms with Crippen molar-refractivity contribution in [3.63, 3.8) is 0 Å². The molecule has 0 saturated carbocycles. The lowest BCUT2D eigenvalue weighted by molar-refractivity contribution is 0.480. The van der Waals surface area contributed by atoms with Crippen molar-refractivity contribution in [1.29, 1.82) is 0 Å². The highest BCUT2D eigenvalue weighted by molar-refractivity contribution is 5.85. The third-order valence-electron chi connectivity index (χ3n) is 2.68. The number of para-hydroxylation sites is 1. The van der Waals surface area contributed by atoms with Crippen LogP contribution < -0.4 is 0 Å². The first kappa shape index (κ1) is 10.6. The Kier molecular flexibility index (Phi) is 2.57. The van der Waals surface area contributed by atoms with E-state index in [0.717, 1.165) is 16.8 Å². The van der Waals surface area contributed by atoms with Crippen LogP contribution in [0.25, 0.3) is 23.1 Å². The molecule has 0 atom stereocenters. The van der Waals surface area contributed by atoms with Gasteiger partial charge in [-0.25, -0.2) is 4.98 Å². The lowest BCUT2D eigenvalue weighted by Crippen LogP contribution is -1.83. The molecule has 1 N–H and O–H groups in total. The largest absolute Gasteiger partial charge is 0.506 e. The Morgan fingerprint density at radius 1 is 1.00 bits per heavy atom. The van der Waals surface area contributed by atoms with Crippen LogP contribution in [0.5, 0.6) is 5.75 Å². The van der Waals surface area contributed by atoms with E-state index >= 15 is 0 Å². The molecule has 0 aliphatic carbocycles. The Labute approximate surface area is 104 Å². The maximum absolute atomic E-state index is 9.74. The van der Waals surface area contributed by atoms with Gasteiger partial charge in [-0.1, -0.05) is 18.2 Å². The normalized spacial score (nSPS) is 11.3.